The van der Waals surface area contributed by atoms with Gasteiger partial charge < -0.3 is 16.2 Å². The summed E-state index contributed by atoms with van der Waals surface area (Å²) >= 11 is 1.32. The van der Waals surface area contributed by atoms with Crippen molar-refractivity contribution in [1.82, 2.24) is 25.1 Å². The highest BCUT2D eigenvalue weighted by Crippen LogP contribution is 2.45. The normalized spacial score (nSPS) is 21.8. The molecule has 0 saturated heterocycles. The van der Waals surface area contributed by atoms with Crippen molar-refractivity contribution in [3.8, 4) is 21.6 Å². The minimum absolute atomic E-state index is 0.0914. The highest BCUT2D eigenvalue weighted by atomic mass is 32.1. The maximum Gasteiger partial charge on any atom is 0.433 e. The lowest BCUT2D eigenvalue weighted by atomic mass is 9.72. The van der Waals surface area contributed by atoms with E-state index in [4.69, 9.17) is 5.73 Å². The number of aromatic nitrogens is 5. The first-order chi connectivity index (χ1) is 18.0. The molecule has 3 aromatic heterocycles. The number of aliphatic hydroxyl groups is 1. The highest BCUT2D eigenvalue weighted by molar-refractivity contribution is 7.15. The van der Waals surface area contributed by atoms with Crippen LogP contribution < -0.4 is 11.1 Å². The average molecular weight is 544 g/mol. The van der Waals surface area contributed by atoms with Gasteiger partial charge in [-0.05, 0) is 60.6 Å². The molecule has 9 nitrogen and oxygen atoms in total. The van der Waals surface area contributed by atoms with E-state index in [2.05, 4.69) is 30.5 Å². The topological polar surface area (TPSA) is 143 Å². The largest absolute Gasteiger partial charge is 0.433 e. The summed E-state index contributed by atoms with van der Waals surface area (Å²) in [6.07, 6.45) is 2.63. The second kappa shape index (κ2) is 9.80. The quantitative estimate of drug-likeness (QED) is 0.272. The number of anilines is 2. The van der Waals surface area contributed by atoms with Crippen molar-refractivity contribution < 1.29 is 23.1 Å². The van der Waals surface area contributed by atoms with Crippen molar-refractivity contribution in [2.45, 2.75) is 38.0 Å². The molecule has 1 aromatic carbocycles. The Hall–Kier alpha value is -3.84. The third kappa shape index (κ3) is 5.24. The second-order valence-electron chi connectivity index (χ2n) is 9.46. The molecule has 3 heterocycles. The molecule has 3 atom stereocenters. The Morgan fingerprint density at radius 3 is 2.68 bits per heavy atom. The van der Waals surface area contributed by atoms with Crippen LogP contribution in [0.5, 0.6) is 0 Å². The highest BCUT2D eigenvalue weighted by Gasteiger charge is 2.42. The summed E-state index contributed by atoms with van der Waals surface area (Å²) < 4.78 is 39.4. The van der Waals surface area contributed by atoms with Crippen LogP contribution in [-0.2, 0) is 16.6 Å². The van der Waals surface area contributed by atoms with E-state index in [-0.39, 0.29) is 23.7 Å². The van der Waals surface area contributed by atoms with Gasteiger partial charge in [0.2, 0.25) is 11.9 Å². The first kappa shape index (κ1) is 25.8. The Morgan fingerprint density at radius 1 is 1.21 bits per heavy atom. The first-order valence-corrected chi connectivity index (χ1v) is 12.6. The average Bonchev–Trinajstić information content (AvgIpc) is 3.56. The molecule has 1 aliphatic carbocycles. The fourth-order valence-corrected chi connectivity index (χ4v) is 5.85. The van der Waals surface area contributed by atoms with Crippen LogP contribution in [-0.4, -0.2) is 36.2 Å². The van der Waals surface area contributed by atoms with Gasteiger partial charge in [0, 0.05) is 35.8 Å². The molecule has 1 amide bonds. The Morgan fingerprint density at radius 2 is 2.00 bits per heavy atom. The minimum atomic E-state index is -4.60. The lowest BCUT2D eigenvalue weighted by Gasteiger charge is -2.37. The van der Waals surface area contributed by atoms with E-state index < -0.39 is 17.5 Å². The third-order valence-electron chi connectivity index (χ3n) is 6.74. The lowest BCUT2D eigenvalue weighted by molar-refractivity contribution is -0.141. The number of carbonyl (C=O) groups is 1. The van der Waals surface area contributed by atoms with Crippen molar-refractivity contribution in [2.75, 3.05) is 5.32 Å². The Kier molecular flexibility index (Phi) is 6.65. The molecule has 38 heavy (non-hydrogen) atoms. The molecule has 1 aliphatic rings. The van der Waals surface area contributed by atoms with Crippen molar-refractivity contribution in [3.05, 3.63) is 59.8 Å². The summed E-state index contributed by atoms with van der Waals surface area (Å²) in [6, 6.07) is 6.21. The van der Waals surface area contributed by atoms with Gasteiger partial charge in [0.1, 0.15) is 16.3 Å². The Balaban J connectivity index is 1.48. The number of primary amides is 1. The smallest absolute Gasteiger partial charge is 0.383 e. The van der Waals surface area contributed by atoms with E-state index in [1.54, 1.807) is 30.7 Å². The Labute approximate surface area is 219 Å². The van der Waals surface area contributed by atoms with Gasteiger partial charge in [-0.15, -0.1) is 11.3 Å². The van der Waals surface area contributed by atoms with E-state index in [1.165, 1.54) is 11.3 Å². The van der Waals surface area contributed by atoms with Gasteiger partial charge in [0.05, 0.1) is 11.1 Å². The van der Waals surface area contributed by atoms with E-state index in [1.807, 2.05) is 13.0 Å². The predicted octanol–water partition coefficient (Wildman–Crippen LogP) is 4.86. The number of nitrogens with two attached hydrogens (primary N) is 1. The standard InChI is InChI=1S/C25H24F3N7O2S/c1-13-9-24(37,4-2-18(13)21(29)36)22-31-12-19(38-22)15-6-14(16-10-32-33-11-16)7-17(8-15)34-23-30-5-3-20(35-23)25(26,27)28/h3,5-8,10-13,18,37H,2,4,9H2,1H3,(H2,29,36)(H,32,33)(H,30,34,35)/t13-,18+,24-/m1/s1. The molecule has 0 unspecified atom stereocenters. The van der Waals surface area contributed by atoms with Crippen molar-refractivity contribution >= 4 is 28.9 Å². The number of halogens is 3. The minimum Gasteiger partial charge on any atom is -0.383 e. The van der Waals surface area contributed by atoms with Crippen LogP contribution >= 0.6 is 11.3 Å². The van der Waals surface area contributed by atoms with Gasteiger partial charge in [-0.3, -0.25) is 9.89 Å². The molecular weight excluding hydrogens is 519 g/mol. The van der Waals surface area contributed by atoms with Gasteiger partial charge in [-0.1, -0.05) is 6.92 Å². The maximum absolute atomic E-state index is 13.1. The fourth-order valence-electron chi connectivity index (χ4n) is 4.82. The molecule has 5 N–H and O–H groups in total. The van der Waals surface area contributed by atoms with Crippen LogP contribution in [0, 0.1) is 11.8 Å². The molecule has 4 aromatic rings. The van der Waals surface area contributed by atoms with Crippen molar-refractivity contribution in [3.63, 3.8) is 0 Å². The van der Waals surface area contributed by atoms with Crippen molar-refractivity contribution in [1.29, 1.82) is 0 Å². The molecule has 0 bridgehead atoms. The fraction of sp³-hybridized carbons (Fsp3) is 0.320. The summed E-state index contributed by atoms with van der Waals surface area (Å²) in [7, 11) is 0. The van der Waals surface area contributed by atoms with Gasteiger partial charge in [0.25, 0.3) is 0 Å². The number of benzene rings is 1. The monoisotopic (exact) mass is 543 g/mol. The molecule has 5 rings (SSSR count). The van der Waals surface area contributed by atoms with Gasteiger partial charge in [0.15, 0.2) is 0 Å². The second-order valence-corrected chi connectivity index (χ2v) is 10.5. The third-order valence-corrected chi connectivity index (χ3v) is 7.98. The zero-order valence-corrected chi connectivity index (χ0v) is 21.0. The summed E-state index contributed by atoms with van der Waals surface area (Å²) in [5.41, 5.74) is 5.97. The van der Waals surface area contributed by atoms with Crippen molar-refractivity contribution in [2.24, 2.45) is 17.6 Å². The summed E-state index contributed by atoms with van der Waals surface area (Å²) in [5, 5.41) is 21.5. The van der Waals surface area contributed by atoms with Crippen LogP contribution in [0.1, 0.15) is 36.9 Å². The predicted molar refractivity (Wildman–Crippen MR) is 135 cm³/mol. The molecule has 1 saturated carbocycles. The number of nitrogens with one attached hydrogen (secondary N) is 2. The number of amides is 1. The summed E-state index contributed by atoms with van der Waals surface area (Å²) in [4.78, 5) is 24.5. The van der Waals surface area contributed by atoms with E-state index in [0.29, 0.717) is 30.0 Å². The number of aromatic amines is 1. The maximum atomic E-state index is 13.1. The van der Waals surface area contributed by atoms with Gasteiger partial charge >= 0.3 is 6.18 Å². The van der Waals surface area contributed by atoms with Crippen LogP contribution in [0.15, 0.2) is 49.1 Å². The lowest BCUT2D eigenvalue weighted by Crippen LogP contribution is -2.40. The van der Waals surface area contributed by atoms with Gasteiger partial charge in [-0.2, -0.15) is 18.3 Å². The number of hydrogen-bond acceptors (Lipinski definition) is 8. The number of nitrogens with zero attached hydrogens (tertiary/aromatic N) is 4. The van der Waals surface area contributed by atoms with E-state index in [0.717, 1.165) is 33.8 Å². The number of carbonyl (C=O) groups excluding carboxylic acids is 1. The SMILES string of the molecule is C[C@@H]1C[C@@](O)(c2ncc(-c3cc(Nc4nccc(C(F)(F)F)n4)cc(-c4cn[nH]c4)c3)s2)CC[C@@H]1C(N)=O. The number of rotatable bonds is 6. The molecule has 0 radical (unpaired) electrons. The molecule has 0 spiro atoms. The zero-order valence-electron chi connectivity index (χ0n) is 20.2. The summed E-state index contributed by atoms with van der Waals surface area (Å²) in [6.45, 7) is 1.90. The molecular formula is C25H24F3N7O2S. The van der Waals surface area contributed by atoms with Crippen LogP contribution in [0.25, 0.3) is 21.6 Å². The van der Waals surface area contributed by atoms with Crippen LogP contribution in [0.3, 0.4) is 0 Å². The van der Waals surface area contributed by atoms with E-state index in [9.17, 15) is 23.1 Å². The molecule has 1 fully saturated rings. The number of thiazole rings is 1. The number of alkyl halides is 3. The van der Waals surface area contributed by atoms with Crippen LogP contribution in [0.4, 0.5) is 24.8 Å². The molecule has 0 aliphatic heterocycles. The Bertz CT molecular complexity index is 1460. The van der Waals surface area contributed by atoms with E-state index >= 15 is 0 Å². The number of H-pyrrole nitrogens is 1. The summed E-state index contributed by atoms with van der Waals surface area (Å²) in [5.74, 6) is -0.936. The van der Waals surface area contributed by atoms with Crippen LogP contribution in [0.2, 0.25) is 0 Å². The molecule has 198 valence electrons. The molecule has 13 heteroatoms. The van der Waals surface area contributed by atoms with Gasteiger partial charge in [-0.25, -0.2) is 15.0 Å². The first-order valence-electron chi connectivity index (χ1n) is 11.8. The number of hydrogen-bond donors (Lipinski definition) is 4. The zero-order chi connectivity index (χ0) is 27.1.